The van der Waals surface area contributed by atoms with Crippen LogP contribution in [0.3, 0.4) is 0 Å². The molecule has 2 nitrogen and oxygen atoms in total. The van der Waals surface area contributed by atoms with E-state index in [4.69, 9.17) is 16.3 Å². The fraction of sp³-hybridized carbons (Fsp3) is 0.500. The van der Waals surface area contributed by atoms with Gasteiger partial charge >= 0.3 is 0 Å². The summed E-state index contributed by atoms with van der Waals surface area (Å²) in [7, 11) is 1.54. The molecule has 1 aromatic rings. The minimum atomic E-state index is -1.07. The number of aliphatic hydroxyl groups excluding tert-OH is 1. The summed E-state index contributed by atoms with van der Waals surface area (Å²) >= 11 is 5.44. The molecule has 2 unspecified atom stereocenters. The number of benzene rings is 1. The molecule has 0 spiro atoms. The average Bonchev–Trinajstić information content (AvgIpc) is 2.29. The smallest absolute Gasteiger partial charge is 0.142 e. The summed E-state index contributed by atoms with van der Waals surface area (Å²) in [5, 5.41) is 9.62. The first-order valence-corrected chi connectivity index (χ1v) is 5.66. The molecule has 1 aromatic carbocycles. The minimum absolute atomic E-state index is 0.0736. The summed E-state index contributed by atoms with van der Waals surface area (Å²) in [6.45, 7) is 2.20. The highest BCUT2D eigenvalue weighted by Gasteiger charge is 2.21. The summed E-state index contributed by atoms with van der Waals surface area (Å²) in [6.07, 6.45) is -0.515. The molecule has 96 valence electrons. The van der Waals surface area contributed by atoms with Crippen molar-refractivity contribution in [2.24, 2.45) is 5.92 Å². The van der Waals surface area contributed by atoms with E-state index in [1.165, 1.54) is 0 Å². The topological polar surface area (TPSA) is 29.5 Å². The van der Waals surface area contributed by atoms with E-state index in [9.17, 15) is 13.9 Å². The minimum Gasteiger partial charge on any atom is -0.388 e. The zero-order valence-electron chi connectivity index (χ0n) is 9.71. The molecule has 0 saturated carbocycles. The molecule has 0 fully saturated rings. The van der Waals surface area contributed by atoms with Crippen molar-refractivity contribution in [1.29, 1.82) is 0 Å². The van der Waals surface area contributed by atoms with Crippen molar-refractivity contribution in [1.82, 2.24) is 0 Å². The van der Waals surface area contributed by atoms with Crippen LogP contribution in [-0.4, -0.2) is 18.8 Å². The molecule has 0 bridgehead atoms. The van der Waals surface area contributed by atoms with E-state index in [2.05, 4.69) is 0 Å². The monoisotopic (exact) mass is 264 g/mol. The molecule has 5 heteroatoms. The third kappa shape index (κ3) is 3.63. The highest BCUT2D eigenvalue weighted by Crippen LogP contribution is 2.29. The van der Waals surface area contributed by atoms with Crippen molar-refractivity contribution < 1.29 is 18.6 Å². The first-order chi connectivity index (χ1) is 7.97. The van der Waals surface area contributed by atoms with Crippen LogP contribution < -0.4 is 0 Å². The maximum absolute atomic E-state index is 13.5. The Morgan fingerprint density at radius 3 is 2.59 bits per heavy atom. The average molecular weight is 265 g/mol. The Morgan fingerprint density at radius 1 is 1.35 bits per heavy atom. The standard InChI is InChI=1S/C12H15ClF2O2/c1-7(3-4-17-2)12(16)8-5-11(15)9(13)6-10(8)14/h5-7,12,16H,3-4H2,1-2H3. The second-order valence-corrected chi connectivity index (χ2v) is 4.40. The normalized spacial score (nSPS) is 14.7. The van der Waals surface area contributed by atoms with Crippen molar-refractivity contribution in [3.63, 3.8) is 0 Å². The lowest BCUT2D eigenvalue weighted by molar-refractivity contribution is 0.0856. The maximum Gasteiger partial charge on any atom is 0.142 e. The molecule has 2 atom stereocenters. The molecule has 1 N–H and O–H groups in total. The van der Waals surface area contributed by atoms with Crippen LogP contribution in [0, 0.1) is 17.6 Å². The fourth-order valence-electron chi connectivity index (χ4n) is 1.53. The quantitative estimate of drug-likeness (QED) is 0.827. The first-order valence-electron chi connectivity index (χ1n) is 5.28. The molecule has 1 rings (SSSR count). The molecule has 0 aromatic heterocycles. The van der Waals surface area contributed by atoms with Gasteiger partial charge in [0.05, 0.1) is 11.1 Å². The Balaban J connectivity index is 2.88. The van der Waals surface area contributed by atoms with Gasteiger partial charge in [0.15, 0.2) is 0 Å². The molecular weight excluding hydrogens is 250 g/mol. The maximum atomic E-state index is 13.5. The summed E-state index contributed by atoms with van der Waals surface area (Å²) in [5.74, 6) is -1.67. The Bertz CT molecular complexity index is 385. The van der Waals surface area contributed by atoms with E-state index >= 15 is 0 Å². The van der Waals surface area contributed by atoms with Gasteiger partial charge in [-0.05, 0) is 24.5 Å². The van der Waals surface area contributed by atoms with Crippen LogP contribution >= 0.6 is 11.6 Å². The van der Waals surface area contributed by atoms with Gasteiger partial charge in [-0.15, -0.1) is 0 Å². The Labute approximate surface area is 104 Å². The zero-order chi connectivity index (χ0) is 13.0. The Kier molecular flexibility index (Phi) is 5.31. The lowest BCUT2D eigenvalue weighted by atomic mass is 9.94. The van der Waals surface area contributed by atoms with Gasteiger partial charge in [-0.2, -0.15) is 0 Å². The van der Waals surface area contributed by atoms with Crippen LogP contribution in [-0.2, 0) is 4.74 Å². The van der Waals surface area contributed by atoms with Gasteiger partial charge in [0.2, 0.25) is 0 Å². The highest BCUT2D eigenvalue weighted by atomic mass is 35.5. The van der Waals surface area contributed by atoms with E-state index in [0.29, 0.717) is 13.0 Å². The van der Waals surface area contributed by atoms with Crippen LogP contribution in [0.1, 0.15) is 25.0 Å². The SMILES string of the molecule is COCCC(C)C(O)c1cc(F)c(Cl)cc1F. The van der Waals surface area contributed by atoms with Gasteiger partial charge in [0.25, 0.3) is 0 Å². The molecule has 0 aliphatic carbocycles. The second-order valence-electron chi connectivity index (χ2n) is 3.99. The van der Waals surface area contributed by atoms with E-state index in [1.807, 2.05) is 0 Å². The van der Waals surface area contributed by atoms with Crippen LogP contribution in [0.4, 0.5) is 8.78 Å². The van der Waals surface area contributed by atoms with Crippen molar-refractivity contribution in [2.45, 2.75) is 19.4 Å². The second kappa shape index (κ2) is 6.28. The number of methoxy groups -OCH3 is 1. The van der Waals surface area contributed by atoms with E-state index in [1.54, 1.807) is 14.0 Å². The number of hydrogen-bond acceptors (Lipinski definition) is 2. The van der Waals surface area contributed by atoms with E-state index in [-0.39, 0.29) is 16.5 Å². The number of ether oxygens (including phenoxy) is 1. The van der Waals surface area contributed by atoms with Crippen molar-refractivity contribution in [3.05, 3.63) is 34.4 Å². The molecule has 17 heavy (non-hydrogen) atoms. The fourth-order valence-corrected chi connectivity index (χ4v) is 1.68. The van der Waals surface area contributed by atoms with Crippen LogP contribution in [0.25, 0.3) is 0 Å². The number of halogens is 3. The van der Waals surface area contributed by atoms with Gasteiger partial charge < -0.3 is 9.84 Å². The molecule has 0 aliphatic rings. The first kappa shape index (κ1) is 14.4. The van der Waals surface area contributed by atoms with Crippen molar-refractivity contribution in [2.75, 3.05) is 13.7 Å². The molecule has 0 aliphatic heterocycles. The summed E-state index contributed by atoms with van der Waals surface area (Å²) < 4.78 is 31.6. The number of rotatable bonds is 5. The van der Waals surface area contributed by atoms with Gasteiger partial charge in [-0.3, -0.25) is 0 Å². The van der Waals surface area contributed by atoms with Crippen LogP contribution in [0.2, 0.25) is 5.02 Å². The number of hydrogen-bond donors (Lipinski definition) is 1. The molecule has 0 radical (unpaired) electrons. The van der Waals surface area contributed by atoms with Crippen molar-refractivity contribution in [3.8, 4) is 0 Å². The molecule has 0 amide bonds. The Morgan fingerprint density at radius 2 is 2.00 bits per heavy atom. The van der Waals surface area contributed by atoms with Gasteiger partial charge in [-0.25, -0.2) is 8.78 Å². The summed E-state index contributed by atoms with van der Waals surface area (Å²) in [4.78, 5) is 0. The zero-order valence-corrected chi connectivity index (χ0v) is 10.5. The van der Waals surface area contributed by atoms with Gasteiger partial charge in [0.1, 0.15) is 11.6 Å². The van der Waals surface area contributed by atoms with Gasteiger partial charge in [0, 0.05) is 19.3 Å². The largest absolute Gasteiger partial charge is 0.388 e. The van der Waals surface area contributed by atoms with Crippen molar-refractivity contribution >= 4 is 11.6 Å². The third-order valence-corrected chi connectivity index (χ3v) is 2.96. The lowest BCUT2D eigenvalue weighted by Crippen LogP contribution is -2.13. The molecule has 0 heterocycles. The van der Waals surface area contributed by atoms with Crippen LogP contribution in [0.5, 0.6) is 0 Å². The third-order valence-electron chi connectivity index (χ3n) is 2.67. The Hall–Kier alpha value is -0.710. The summed E-state index contributed by atoms with van der Waals surface area (Å²) in [6, 6.07) is 1.81. The molecule has 0 saturated heterocycles. The highest BCUT2D eigenvalue weighted by molar-refractivity contribution is 6.30. The predicted octanol–water partition coefficient (Wildman–Crippen LogP) is 3.32. The summed E-state index contributed by atoms with van der Waals surface area (Å²) in [5.41, 5.74) is -0.0736. The lowest BCUT2D eigenvalue weighted by Gasteiger charge is -2.19. The predicted molar refractivity (Wildman–Crippen MR) is 62.0 cm³/mol. The van der Waals surface area contributed by atoms with E-state index in [0.717, 1.165) is 12.1 Å². The van der Waals surface area contributed by atoms with Gasteiger partial charge in [-0.1, -0.05) is 18.5 Å². The number of aliphatic hydroxyl groups is 1. The van der Waals surface area contributed by atoms with Crippen LogP contribution in [0.15, 0.2) is 12.1 Å². The molecular formula is C12H15ClF2O2. The van der Waals surface area contributed by atoms with E-state index < -0.39 is 17.7 Å².